The lowest BCUT2D eigenvalue weighted by atomic mass is 10.1. The number of fused-ring (bicyclic) bond motifs is 1. The van der Waals surface area contributed by atoms with Gasteiger partial charge in [0.25, 0.3) is 0 Å². The summed E-state index contributed by atoms with van der Waals surface area (Å²) in [5, 5.41) is 11.5. The molecule has 0 atom stereocenters. The number of hydrogen-bond donors (Lipinski definition) is 2. The first-order chi connectivity index (χ1) is 13.6. The van der Waals surface area contributed by atoms with Crippen LogP contribution in [0.2, 0.25) is 0 Å². The van der Waals surface area contributed by atoms with Crippen molar-refractivity contribution in [3.63, 3.8) is 0 Å². The number of amides is 1. The minimum absolute atomic E-state index is 0.0781. The number of hydrogen-bond acceptors (Lipinski definition) is 5. The molecular weight excluding hydrogens is 362 g/mol. The number of aliphatic carboxylic acids is 1. The Morgan fingerprint density at radius 2 is 1.71 bits per heavy atom. The quantitative estimate of drug-likeness (QED) is 0.645. The zero-order chi connectivity index (χ0) is 19.8. The number of nitrogens with one attached hydrogen (secondary N) is 1. The lowest BCUT2D eigenvalue weighted by Gasteiger charge is -2.18. The molecule has 0 unspecified atom stereocenters. The topological polar surface area (TPSA) is 94.1 Å². The van der Waals surface area contributed by atoms with Crippen molar-refractivity contribution in [1.82, 2.24) is 5.32 Å². The highest BCUT2D eigenvalue weighted by Crippen LogP contribution is 2.30. The highest BCUT2D eigenvalue weighted by molar-refractivity contribution is 5.78. The molecule has 0 spiro atoms. The van der Waals surface area contributed by atoms with E-state index < -0.39 is 5.97 Å². The second-order valence-corrected chi connectivity index (χ2v) is 6.42. The van der Waals surface area contributed by atoms with Crippen molar-refractivity contribution in [3.8, 4) is 17.2 Å². The molecule has 1 heterocycles. The maximum Gasteiger partial charge on any atom is 0.303 e. The van der Waals surface area contributed by atoms with Gasteiger partial charge in [0, 0.05) is 13.0 Å². The number of rotatable bonds is 9. The van der Waals surface area contributed by atoms with E-state index in [2.05, 4.69) is 5.32 Å². The average molecular weight is 385 g/mol. The number of carbonyl (C=O) groups excluding carboxylic acids is 1. The Kier molecular flexibility index (Phi) is 6.73. The second kappa shape index (κ2) is 9.64. The summed E-state index contributed by atoms with van der Waals surface area (Å²) < 4.78 is 16.5. The third kappa shape index (κ3) is 5.90. The Morgan fingerprint density at radius 3 is 2.46 bits per heavy atom. The highest BCUT2D eigenvalue weighted by atomic mass is 16.6. The summed E-state index contributed by atoms with van der Waals surface area (Å²) in [7, 11) is 0. The second-order valence-electron chi connectivity index (χ2n) is 6.42. The van der Waals surface area contributed by atoms with Gasteiger partial charge in [-0.05, 0) is 41.8 Å². The maximum atomic E-state index is 12.2. The smallest absolute Gasteiger partial charge is 0.303 e. The van der Waals surface area contributed by atoms with E-state index in [1.54, 1.807) is 0 Å². The van der Waals surface area contributed by atoms with Crippen LogP contribution < -0.4 is 19.5 Å². The van der Waals surface area contributed by atoms with E-state index >= 15 is 0 Å². The van der Waals surface area contributed by atoms with Crippen LogP contribution in [0, 0.1) is 0 Å². The molecule has 1 amide bonds. The maximum absolute atomic E-state index is 12.2. The van der Waals surface area contributed by atoms with E-state index in [1.807, 2.05) is 42.5 Å². The van der Waals surface area contributed by atoms with Crippen molar-refractivity contribution in [2.45, 2.75) is 25.8 Å². The lowest BCUT2D eigenvalue weighted by molar-refractivity contribution is -0.137. The Labute approximate surface area is 163 Å². The number of carboxylic acid groups (broad SMARTS) is 1. The Hall–Kier alpha value is -3.22. The number of carboxylic acids is 1. The Bertz CT molecular complexity index is 818. The molecule has 0 aliphatic carbocycles. The van der Waals surface area contributed by atoms with Crippen LogP contribution in [0.1, 0.15) is 24.0 Å². The fraction of sp³-hybridized carbons (Fsp3) is 0.333. The van der Waals surface area contributed by atoms with Crippen LogP contribution in [0.3, 0.4) is 0 Å². The Balaban J connectivity index is 1.42. The third-order valence-electron chi connectivity index (χ3n) is 4.19. The molecule has 28 heavy (non-hydrogen) atoms. The van der Waals surface area contributed by atoms with E-state index in [0.29, 0.717) is 50.0 Å². The molecule has 2 aromatic rings. The molecule has 0 radical (unpaired) electrons. The number of benzene rings is 2. The minimum Gasteiger partial charge on any atom is -0.494 e. The van der Waals surface area contributed by atoms with Crippen LogP contribution in [0.5, 0.6) is 17.2 Å². The number of carbonyl (C=O) groups is 2. The van der Waals surface area contributed by atoms with Gasteiger partial charge in [0.15, 0.2) is 11.5 Å². The molecule has 0 bridgehead atoms. The molecule has 2 aromatic carbocycles. The van der Waals surface area contributed by atoms with Crippen LogP contribution in [-0.4, -0.2) is 36.8 Å². The molecule has 3 rings (SSSR count). The summed E-state index contributed by atoms with van der Waals surface area (Å²) in [5.41, 5.74) is 1.82. The van der Waals surface area contributed by atoms with Gasteiger partial charge in [-0.1, -0.05) is 18.2 Å². The van der Waals surface area contributed by atoms with Crippen molar-refractivity contribution >= 4 is 11.9 Å². The lowest BCUT2D eigenvalue weighted by Crippen LogP contribution is -2.24. The molecule has 0 fully saturated rings. The van der Waals surface area contributed by atoms with E-state index in [-0.39, 0.29) is 18.7 Å². The fourth-order valence-electron chi connectivity index (χ4n) is 2.76. The monoisotopic (exact) mass is 385 g/mol. The summed E-state index contributed by atoms with van der Waals surface area (Å²) in [6.45, 7) is 1.83. The van der Waals surface area contributed by atoms with Crippen molar-refractivity contribution in [2.24, 2.45) is 0 Å². The third-order valence-corrected chi connectivity index (χ3v) is 4.19. The predicted molar refractivity (Wildman–Crippen MR) is 102 cm³/mol. The van der Waals surface area contributed by atoms with E-state index in [9.17, 15) is 9.59 Å². The largest absolute Gasteiger partial charge is 0.494 e. The molecule has 1 aliphatic rings. The van der Waals surface area contributed by atoms with Gasteiger partial charge in [-0.25, -0.2) is 0 Å². The van der Waals surface area contributed by atoms with Gasteiger partial charge in [-0.15, -0.1) is 0 Å². The zero-order valence-corrected chi connectivity index (χ0v) is 15.5. The van der Waals surface area contributed by atoms with Crippen LogP contribution >= 0.6 is 0 Å². The van der Waals surface area contributed by atoms with Crippen LogP contribution in [0.15, 0.2) is 42.5 Å². The molecule has 148 valence electrons. The summed E-state index contributed by atoms with van der Waals surface area (Å²) >= 11 is 0. The highest BCUT2D eigenvalue weighted by Gasteiger charge is 2.13. The van der Waals surface area contributed by atoms with Gasteiger partial charge in [0.1, 0.15) is 19.0 Å². The summed E-state index contributed by atoms with van der Waals surface area (Å²) in [5.74, 6) is 1.16. The van der Waals surface area contributed by atoms with Crippen molar-refractivity contribution < 1.29 is 28.9 Å². The van der Waals surface area contributed by atoms with Crippen LogP contribution in [-0.2, 0) is 22.6 Å². The zero-order valence-electron chi connectivity index (χ0n) is 15.5. The minimum atomic E-state index is -0.828. The number of ether oxygens (including phenoxy) is 3. The average Bonchev–Trinajstić information content (AvgIpc) is 2.70. The summed E-state index contributed by atoms with van der Waals surface area (Å²) in [6.07, 6.45) is 0.821. The molecule has 2 N–H and O–H groups in total. The fourth-order valence-corrected chi connectivity index (χ4v) is 2.76. The van der Waals surface area contributed by atoms with Crippen molar-refractivity contribution in [1.29, 1.82) is 0 Å². The first-order valence-electron chi connectivity index (χ1n) is 9.19. The van der Waals surface area contributed by atoms with E-state index in [0.717, 1.165) is 11.1 Å². The normalized spacial score (nSPS) is 12.3. The molecule has 1 aliphatic heterocycles. The summed E-state index contributed by atoms with van der Waals surface area (Å²) in [6, 6.07) is 12.9. The van der Waals surface area contributed by atoms with Crippen LogP contribution in [0.4, 0.5) is 0 Å². The first-order valence-corrected chi connectivity index (χ1v) is 9.19. The summed E-state index contributed by atoms with van der Waals surface area (Å²) in [4.78, 5) is 22.7. The van der Waals surface area contributed by atoms with Crippen molar-refractivity contribution in [2.75, 3.05) is 19.8 Å². The molecule has 0 aromatic heterocycles. The van der Waals surface area contributed by atoms with Gasteiger partial charge in [-0.2, -0.15) is 0 Å². The van der Waals surface area contributed by atoms with Gasteiger partial charge < -0.3 is 24.6 Å². The standard InChI is InChI=1S/C21H23NO6/c23-20(13-16-5-8-18-19(12-16)28-11-10-27-18)22-14-15-3-6-17(7-4-15)26-9-1-2-21(24)25/h3-8,12H,1-2,9-11,13-14H2,(H,22,23)(H,24,25). The molecule has 7 heteroatoms. The van der Waals surface area contributed by atoms with Gasteiger partial charge in [0.05, 0.1) is 13.0 Å². The van der Waals surface area contributed by atoms with Gasteiger partial charge in [-0.3, -0.25) is 9.59 Å². The SMILES string of the molecule is O=C(O)CCCOc1ccc(CNC(=O)Cc2ccc3c(c2)OCCO3)cc1. The molecule has 7 nitrogen and oxygen atoms in total. The van der Waals surface area contributed by atoms with Gasteiger partial charge in [0.2, 0.25) is 5.91 Å². The predicted octanol–water partition coefficient (Wildman–Crippen LogP) is 2.56. The van der Waals surface area contributed by atoms with Crippen molar-refractivity contribution in [3.05, 3.63) is 53.6 Å². The molecule has 0 saturated heterocycles. The van der Waals surface area contributed by atoms with Crippen LogP contribution in [0.25, 0.3) is 0 Å². The first kappa shape index (κ1) is 19.5. The Morgan fingerprint density at radius 1 is 1.00 bits per heavy atom. The molecular formula is C21H23NO6. The molecule has 0 saturated carbocycles. The van der Waals surface area contributed by atoms with E-state index in [4.69, 9.17) is 19.3 Å². The van der Waals surface area contributed by atoms with Gasteiger partial charge >= 0.3 is 5.97 Å². The van der Waals surface area contributed by atoms with E-state index in [1.165, 1.54) is 0 Å².